The fourth-order valence-electron chi connectivity index (χ4n) is 5.20. The molecule has 1 aromatic carbocycles. The van der Waals surface area contributed by atoms with Crippen molar-refractivity contribution in [2.45, 2.75) is 70.9 Å². The van der Waals surface area contributed by atoms with E-state index < -0.39 is 5.54 Å². The molecular weight excluding hydrogens is 506 g/mol. The number of carbonyl (C=O) groups excluding carboxylic acids is 3. The Balaban J connectivity index is 1.48. The monoisotopic (exact) mass is 553 g/mol. The van der Waals surface area contributed by atoms with Gasteiger partial charge in [0.25, 0.3) is 0 Å². The molecule has 4 N–H and O–H groups in total. The Morgan fingerprint density at radius 1 is 1.10 bits per heavy atom. The van der Waals surface area contributed by atoms with Crippen LogP contribution in [0.15, 0.2) is 41.5 Å². The number of hydrogen-bond acceptors (Lipinski definition) is 6. The molecule has 2 aliphatic rings. The van der Waals surface area contributed by atoms with E-state index in [9.17, 15) is 14.4 Å². The smallest absolute Gasteiger partial charge is 0.323 e. The standard InChI is InChI=1S/C30H47N7O3/c1-23(33-21-25-8-6-5-7-9-25)20-24-10-12-26(13-11-24)37(22-38)15-14-27(32-4)34-29(40)36-18-16-35(17-19-36)28(39)30(2,3)31/h10-15,22-23,25,33H,5-9,16-21,31H2,1-4H3,(H,32,34,40)/b15-14-. The van der Waals surface area contributed by atoms with E-state index in [0.29, 0.717) is 38.1 Å². The zero-order valence-electron chi connectivity index (χ0n) is 24.6. The first-order valence-electron chi connectivity index (χ1n) is 14.5. The highest BCUT2D eigenvalue weighted by Gasteiger charge is 2.31. The van der Waals surface area contributed by atoms with Gasteiger partial charge in [-0.15, -0.1) is 0 Å². The van der Waals surface area contributed by atoms with Crippen molar-refractivity contribution in [1.29, 1.82) is 0 Å². The highest BCUT2D eigenvalue weighted by molar-refractivity contribution is 6.04. The van der Waals surface area contributed by atoms with Crippen molar-refractivity contribution in [3.8, 4) is 0 Å². The average molecular weight is 554 g/mol. The van der Waals surface area contributed by atoms with Gasteiger partial charge in [-0.2, -0.15) is 0 Å². The van der Waals surface area contributed by atoms with Crippen LogP contribution in [0.5, 0.6) is 0 Å². The molecule has 1 aliphatic carbocycles. The SMILES string of the molecule is C/N=C(\C=C/N(C=O)c1ccc(CC(C)NCC2CCCCC2)cc1)NC(=O)N1CCN(C(=O)C(C)(C)N)CC1. The zero-order chi connectivity index (χ0) is 29.1. The van der Waals surface area contributed by atoms with Gasteiger partial charge in [0.2, 0.25) is 12.3 Å². The number of piperazine rings is 1. The molecule has 1 aliphatic heterocycles. The molecule has 0 spiro atoms. The minimum atomic E-state index is -0.939. The van der Waals surface area contributed by atoms with Crippen molar-refractivity contribution in [2.75, 3.05) is 44.7 Å². The quantitative estimate of drug-likeness (QED) is 0.234. The van der Waals surface area contributed by atoms with Crippen molar-refractivity contribution in [3.63, 3.8) is 0 Å². The van der Waals surface area contributed by atoms with Crippen LogP contribution in [0.25, 0.3) is 0 Å². The summed E-state index contributed by atoms with van der Waals surface area (Å²) in [5.41, 5.74) is 6.92. The largest absolute Gasteiger partial charge is 0.338 e. The van der Waals surface area contributed by atoms with Crippen molar-refractivity contribution in [2.24, 2.45) is 16.6 Å². The molecule has 1 saturated heterocycles. The summed E-state index contributed by atoms with van der Waals surface area (Å²) in [6, 6.07) is 8.02. The first kappa shape index (κ1) is 31.3. The number of benzene rings is 1. The minimum Gasteiger partial charge on any atom is -0.338 e. The van der Waals surface area contributed by atoms with Crippen molar-refractivity contribution >= 4 is 29.9 Å². The Kier molecular flexibility index (Phi) is 11.7. The van der Waals surface area contributed by atoms with Gasteiger partial charge in [-0.1, -0.05) is 31.4 Å². The van der Waals surface area contributed by atoms with Gasteiger partial charge in [-0.25, -0.2) is 4.79 Å². The number of hydrogen-bond donors (Lipinski definition) is 3. The third kappa shape index (κ3) is 9.45. The van der Waals surface area contributed by atoms with Crippen LogP contribution >= 0.6 is 0 Å². The van der Waals surface area contributed by atoms with Gasteiger partial charge >= 0.3 is 6.03 Å². The number of carbonyl (C=O) groups is 3. The van der Waals surface area contributed by atoms with Crippen molar-refractivity contribution < 1.29 is 14.4 Å². The van der Waals surface area contributed by atoms with E-state index >= 15 is 0 Å². The molecule has 2 fully saturated rings. The van der Waals surface area contributed by atoms with Gasteiger partial charge in [-0.3, -0.25) is 24.8 Å². The molecule has 10 nitrogen and oxygen atoms in total. The predicted molar refractivity (Wildman–Crippen MR) is 160 cm³/mol. The van der Waals surface area contributed by atoms with E-state index in [4.69, 9.17) is 5.73 Å². The van der Waals surface area contributed by atoms with Crippen LogP contribution in [0.1, 0.15) is 58.4 Å². The van der Waals surface area contributed by atoms with Crippen molar-refractivity contribution in [3.05, 3.63) is 42.1 Å². The Morgan fingerprint density at radius 2 is 1.73 bits per heavy atom. The summed E-state index contributed by atoms with van der Waals surface area (Å²) in [5.74, 6) is 1.000. The van der Waals surface area contributed by atoms with E-state index in [2.05, 4.69) is 22.5 Å². The number of aliphatic imine (C=N–C) groups is 1. The third-order valence-electron chi connectivity index (χ3n) is 7.64. The lowest BCUT2D eigenvalue weighted by atomic mass is 9.89. The van der Waals surface area contributed by atoms with Crippen LogP contribution in [0.3, 0.4) is 0 Å². The molecule has 1 unspecified atom stereocenters. The lowest BCUT2D eigenvalue weighted by Crippen LogP contribution is -2.59. The second-order valence-corrected chi connectivity index (χ2v) is 11.6. The van der Waals surface area contributed by atoms with Crippen LogP contribution < -0.4 is 21.3 Å². The summed E-state index contributed by atoms with van der Waals surface area (Å²) in [4.78, 5) is 45.9. The summed E-state index contributed by atoms with van der Waals surface area (Å²) >= 11 is 0. The molecule has 0 bridgehead atoms. The topological polar surface area (TPSA) is 123 Å². The molecule has 4 amide bonds. The number of urea groups is 1. The van der Waals surface area contributed by atoms with Crippen molar-refractivity contribution in [1.82, 2.24) is 20.4 Å². The van der Waals surface area contributed by atoms with Crippen LogP contribution in [-0.2, 0) is 16.0 Å². The highest BCUT2D eigenvalue weighted by Crippen LogP contribution is 2.23. The summed E-state index contributed by atoms with van der Waals surface area (Å²) in [6.07, 6.45) is 11.6. The second kappa shape index (κ2) is 14.9. The molecular formula is C30H47N7O3. The molecule has 3 rings (SSSR count). The van der Waals surface area contributed by atoms with E-state index in [1.165, 1.54) is 42.6 Å². The van der Waals surface area contributed by atoms with E-state index in [1.807, 2.05) is 24.3 Å². The fourth-order valence-corrected chi connectivity index (χ4v) is 5.20. The Hall–Kier alpha value is -3.24. The summed E-state index contributed by atoms with van der Waals surface area (Å²) < 4.78 is 0. The fraction of sp³-hybridized carbons (Fsp3) is 0.600. The third-order valence-corrected chi connectivity index (χ3v) is 7.64. The molecule has 1 saturated carbocycles. The van der Waals surface area contributed by atoms with Gasteiger partial charge in [-0.05, 0) is 76.3 Å². The molecule has 220 valence electrons. The summed E-state index contributed by atoms with van der Waals surface area (Å²) in [5, 5.41) is 6.47. The number of anilines is 1. The van der Waals surface area contributed by atoms with E-state index in [-0.39, 0.29) is 11.9 Å². The number of amidine groups is 1. The van der Waals surface area contributed by atoms with Crippen LogP contribution in [0.2, 0.25) is 0 Å². The van der Waals surface area contributed by atoms with Gasteiger partial charge < -0.3 is 20.9 Å². The lowest BCUT2D eigenvalue weighted by molar-refractivity contribution is -0.137. The molecule has 1 heterocycles. The Bertz CT molecular complexity index is 1030. The second-order valence-electron chi connectivity index (χ2n) is 11.6. The number of amides is 4. The van der Waals surface area contributed by atoms with Crippen LogP contribution in [0.4, 0.5) is 10.5 Å². The Labute approximate surface area is 239 Å². The molecule has 0 aromatic heterocycles. The number of nitrogens with two attached hydrogens (primary N) is 1. The zero-order valence-corrected chi connectivity index (χ0v) is 24.6. The predicted octanol–water partition coefficient (Wildman–Crippen LogP) is 2.88. The minimum absolute atomic E-state index is 0.130. The van der Waals surface area contributed by atoms with Gasteiger partial charge in [0, 0.05) is 51.2 Å². The highest BCUT2D eigenvalue weighted by atomic mass is 16.2. The lowest BCUT2D eigenvalue weighted by Gasteiger charge is -2.37. The molecule has 10 heteroatoms. The summed E-state index contributed by atoms with van der Waals surface area (Å²) in [6.45, 7) is 8.31. The van der Waals surface area contributed by atoms with E-state index in [1.54, 1.807) is 43.0 Å². The van der Waals surface area contributed by atoms with E-state index in [0.717, 1.165) is 31.0 Å². The Morgan fingerprint density at radius 3 is 2.30 bits per heavy atom. The first-order valence-corrected chi connectivity index (χ1v) is 14.5. The maximum atomic E-state index is 12.8. The van der Waals surface area contributed by atoms with Crippen LogP contribution in [0, 0.1) is 5.92 Å². The normalized spacial score (nSPS) is 18.1. The molecule has 0 radical (unpaired) electrons. The summed E-state index contributed by atoms with van der Waals surface area (Å²) in [7, 11) is 1.57. The van der Waals surface area contributed by atoms with Gasteiger partial charge in [0.1, 0.15) is 5.84 Å². The number of rotatable bonds is 10. The molecule has 1 atom stereocenters. The molecule has 1 aromatic rings. The first-order chi connectivity index (χ1) is 19.1. The maximum Gasteiger partial charge on any atom is 0.323 e. The average Bonchev–Trinajstić information content (AvgIpc) is 2.96. The van der Waals surface area contributed by atoms with Gasteiger partial charge in [0.15, 0.2) is 0 Å². The van der Waals surface area contributed by atoms with Gasteiger partial charge in [0.05, 0.1) is 5.54 Å². The van der Waals surface area contributed by atoms with Crippen LogP contribution in [-0.4, -0.2) is 85.3 Å². The number of nitrogens with one attached hydrogen (secondary N) is 2. The maximum absolute atomic E-state index is 12.8. The molecule has 40 heavy (non-hydrogen) atoms. The number of nitrogens with zero attached hydrogens (tertiary/aromatic N) is 4.